The minimum atomic E-state index is -5.08. The third-order valence-corrected chi connectivity index (χ3v) is 4.50. The Bertz CT molecular complexity index is 892. The van der Waals surface area contributed by atoms with E-state index in [9.17, 15) is 18.0 Å². The Morgan fingerprint density at radius 3 is 2.32 bits per heavy atom. The molecule has 1 aromatic heterocycles. The first-order chi connectivity index (χ1) is 14.5. The van der Waals surface area contributed by atoms with Crippen LogP contribution in [0.2, 0.25) is 0 Å². The number of nitrogens with one attached hydrogen (secondary N) is 1. The Kier molecular flexibility index (Phi) is 8.21. The van der Waals surface area contributed by atoms with E-state index in [-0.39, 0.29) is 17.8 Å². The van der Waals surface area contributed by atoms with Crippen LogP contribution >= 0.6 is 0 Å². The number of carboxylic acids is 1. The molecule has 1 aliphatic heterocycles. The largest absolute Gasteiger partial charge is 0.490 e. The maximum atomic E-state index is 12.0. The number of alkyl halides is 3. The molecule has 2 N–H and O–H groups in total. The van der Waals surface area contributed by atoms with E-state index in [4.69, 9.17) is 14.3 Å². The third kappa shape index (κ3) is 7.39. The Morgan fingerprint density at radius 1 is 1.23 bits per heavy atom. The summed E-state index contributed by atoms with van der Waals surface area (Å²) in [6, 6.07) is 8.84. The van der Waals surface area contributed by atoms with Gasteiger partial charge in [-0.2, -0.15) is 13.2 Å². The van der Waals surface area contributed by atoms with Crippen LogP contribution in [-0.4, -0.2) is 45.6 Å². The van der Waals surface area contributed by atoms with Gasteiger partial charge >= 0.3 is 18.1 Å². The van der Waals surface area contributed by atoms with Crippen molar-refractivity contribution in [2.45, 2.75) is 58.9 Å². The molecular formula is C21H26F3N3O4. The molecule has 1 amide bonds. The Hall–Kier alpha value is -2.88. The highest BCUT2D eigenvalue weighted by atomic mass is 19.4. The van der Waals surface area contributed by atoms with Crippen LogP contribution in [0.5, 0.6) is 0 Å². The lowest BCUT2D eigenvalue weighted by atomic mass is 10.1. The monoisotopic (exact) mass is 441 g/mol. The molecule has 2 aromatic rings. The molecule has 1 aliphatic rings. The van der Waals surface area contributed by atoms with Gasteiger partial charge in [-0.25, -0.2) is 9.78 Å². The second-order valence-electron chi connectivity index (χ2n) is 7.45. The quantitative estimate of drug-likeness (QED) is 0.737. The van der Waals surface area contributed by atoms with Crippen LogP contribution in [0.3, 0.4) is 0 Å². The summed E-state index contributed by atoms with van der Waals surface area (Å²) in [5.74, 6) is -1.96. The highest BCUT2D eigenvalue weighted by molar-refractivity contribution is 5.89. The molecule has 31 heavy (non-hydrogen) atoms. The van der Waals surface area contributed by atoms with Crippen molar-refractivity contribution in [2.24, 2.45) is 0 Å². The molecule has 10 heteroatoms. The van der Waals surface area contributed by atoms with E-state index in [1.807, 2.05) is 13.8 Å². The summed E-state index contributed by atoms with van der Waals surface area (Å²) in [6.45, 7) is 8.55. The summed E-state index contributed by atoms with van der Waals surface area (Å²) < 4.78 is 37.4. The van der Waals surface area contributed by atoms with Crippen molar-refractivity contribution in [2.75, 3.05) is 6.54 Å². The number of halogens is 3. The molecular weight excluding hydrogens is 415 g/mol. The van der Waals surface area contributed by atoms with Crippen molar-refractivity contribution in [1.29, 1.82) is 0 Å². The number of hydrogen-bond acceptors (Lipinski definition) is 5. The van der Waals surface area contributed by atoms with Crippen molar-refractivity contribution in [3.05, 3.63) is 52.7 Å². The van der Waals surface area contributed by atoms with Gasteiger partial charge in [-0.05, 0) is 31.4 Å². The van der Waals surface area contributed by atoms with E-state index in [1.165, 1.54) is 11.1 Å². The average molecular weight is 441 g/mol. The predicted molar refractivity (Wildman–Crippen MR) is 106 cm³/mol. The molecule has 170 valence electrons. The van der Waals surface area contributed by atoms with Gasteiger partial charge in [0, 0.05) is 32.1 Å². The van der Waals surface area contributed by atoms with Crippen LogP contribution in [0.25, 0.3) is 0 Å². The lowest BCUT2D eigenvalue weighted by Crippen LogP contribution is -2.30. The summed E-state index contributed by atoms with van der Waals surface area (Å²) in [7, 11) is 0. The first-order valence-corrected chi connectivity index (χ1v) is 9.89. The topological polar surface area (TPSA) is 95.7 Å². The number of hydrogen-bond donors (Lipinski definition) is 2. The molecule has 0 radical (unpaired) electrons. The minimum absolute atomic E-state index is 0.0732. The third-order valence-electron chi connectivity index (χ3n) is 4.50. The van der Waals surface area contributed by atoms with Gasteiger partial charge in [-0.15, -0.1) is 0 Å². The molecule has 0 saturated carbocycles. The Morgan fingerprint density at radius 2 is 1.81 bits per heavy atom. The second-order valence-corrected chi connectivity index (χ2v) is 7.45. The number of aromatic nitrogens is 1. The number of carbonyl (C=O) groups is 2. The fraction of sp³-hybridized carbons (Fsp3) is 0.476. The average Bonchev–Trinajstić information content (AvgIpc) is 3.11. The van der Waals surface area contributed by atoms with Crippen LogP contribution in [0.1, 0.15) is 54.0 Å². The number of fused-ring (bicyclic) bond motifs is 1. The Labute approximate surface area is 178 Å². The molecule has 0 spiro atoms. The number of carbonyl (C=O) groups excluding carboxylic acids is 1. The zero-order valence-corrected chi connectivity index (χ0v) is 17.6. The fourth-order valence-electron chi connectivity index (χ4n) is 2.95. The van der Waals surface area contributed by atoms with Gasteiger partial charge in [0.2, 0.25) is 0 Å². The molecule has 0 aliphatic carbocycles. The molecule has 0 saturated heterocycles. The van der Waals surface area contributed by atoms with E-state index in [1.54, 1.807) is 0 Å². The van der Waals surface area contributed by atoms with Gasteiger partial charge in [-0.1, -0.05) is 31.2 Å². The Balaban J connectivity index is 0.000000423. The molecule has 7 nitrogen and oxygen atoms in total. The summed E-state index contributed by atoms with van der Waals surface area (Å²) in [5, 5.41) is 9.95. The number of nitrogens with zero attached hydrogens (tertiary/aromatic N) is 2. The highest BCUT2D eigenvalue weighted by Gasteiger charge is 2.38. The van der Waals surface area contributed by atoms with E-state index in [0.29, 0.717) is 0 Å². The molecule has 0 atom stereocenters. The number of carboxylic acid groups (broad SMARTS) is 1. The SMILES string of the molecule is CCc1ccc(CN2CCc3oc(C(=O)NC(C)C)nc3C2)cc1.O=C(O)C(F)(F)F. The van der Waals surface area contributed by atoms with Crippen LogP contribution in [0.4, 0.5) is 13.2 Å². The standard InChI is InChI=1S/C19H25N3O2.C2HF3O2/c1-4-14-5-7-15(8-6-14)11-22-10-9-17-16(12-22)21-19(24-17)18(23)20-13(2)3;3-2(4,5)1(6)7/h5-8,13H,4,9-12H2,1-3H3,(H,20,23);(H,6,7). The molecule has 0 unspecified atom stereocenters. The zero-order chi connectivity index (χ0) is 23.2. The smallest absolute Gasteiger partial charge is 0.475 e. The number of aryl methyl sites for hydroxylation is 1. The predicted octanol–water partition coefficient (Wildman–Crippen LogP) is 3.57. The zero-order valence-electron chi connectivity index (χ0n) is 17.6. The number of rotatable bonds is 5. The van der Waals surface area contributed by atoms with Crippen molar-refractivity contribution in [3.8, 4) is 0 Å². The van der Waals surface area contributed by atoms with Gasteiger partial charge in [-0.3, -0.25) is 9.69 Å². The molecule has 0 bridgehead atoms. The second kappa shape index (κ2) is 10.4. The number of amides is 1. The van der Waals surface area contributed by atoms with Crippen LogP contribution in [-0.2, 0) is 30.7 Å². The van der Waals surface area contributed by atoms with E-state index < -0.39 is 12.1 Å². The lowest BCUT2D eigenvalue weighted by molar-refractivity contribution is -0.192. The van der Waals surface area contributed by atoms with Gasteiger partial charge in [0.05, 0.1) is 5.69 Å². The first-order valence-electron chi connectivity index (χ1n) is 9.89. The van der Waals surface area contributed by atoms with Crippen LogP contribution in [0.15, 0.2) is 28.7 Å². The summed E-state index contributed by atoms with van der Waals surface area (Å²) in [5.41, 5.74) is 3.55. The van der Waals surface area contributed by atoms with E-state index in [2.05, 4.69) is 46.4 Å². The van der Waals surface area contributed by atoms with Crippen molar-refractivity contribution in [1.82, 2.24) is 15.2 Å². The number of aliphatic carboxylic acids is 1. The fourth-order valence-corrected chi connectivity index (χ4v) is 2.95. The maximum Gasteiger partial charge on any atom is 0.490 e. The summed E-state index contributed by atoms with van der Waals surface area (Å²) in [4.78, 5) is 27.7. The highest BCUT2D eigenvalue weighted by Crippen LogP contribution is 2.21. The van der Waals surface area contributed by atoms with Gasteiger partial charge in [0.25, 0.3) is 5.89 Å². The van der Waals surface area contributed by atoms with Crippen molar-refractivity contribution < 1.29 is 32.3 Å². The van der Waals surface area contributed by atoms with E-state index >= 15 is 0 Å². The maximum absolute atomic E-state index is 12.0. The van der Waals surface area contributed by atoms with Crippen LogP contribution in [0, 0.1) is 0 Å². The summed E-state index contributed by atoms with van der Waals surface area (Å²) in [6.07, 6.45) is -3.22. The molecule has 3 rings (SSSR count). The minimum Gasteiger partial charge on any atom is -0.475 e. The van der Waals surface area contributed by atoms with Crippen molar-refractivity contribution in [3.63, 3.8) is 0 Å². The van der Waals surface area contributed by atoms with Crippen LogP contribution < -0.4 is 5.32 Å². The molecule has 0 fully saturated rings. The lowest BCUT2D eigenvalue weighted by Gasteiger charge is -2.25. The van der Waals surface area contributed by atoms with Crippen molar-refractivity contribution >= 4 is 11.9 Å². The van der Waals surface area contributed by atoms with Gasteiger partial charge < -0.3 is 14.8 Å². The van der Waals surface area contributed by atoms with E-state index in [0.717, 1.165) is 43.9 Å². The van der Waals surface area contributed by atoms with Gasteiger partial charge in [0.15, 0.2) is 0 Å². The first kappa shape index (κ1) is 24.4. The number of oxazole rings is 1. The molecule has 2 heterocycles. The normalized spacial score (nSPS) is 13.9. The summed E-state index contributed by atoms with van der Waals surface area (Å²) >= 11 is 0. The van der Waals surface area contributed by atoms with Gasteiger partial charge in [0.1, 0.15) is 5.76 Å². The molecule has 1 aromatic carbocycles. The number of benzene rings is 1.